The number of hydrogen-bond donors (Lipinski definition) is 1. The van der Waals surface area contributed by atoms with E-state index >= 15 is 0 Å². The summed E-state index contributed by atoms with van der Waals surface area (Å²) in [5, 5.41) is 17.5. The summed E-state index contributed by atoms with van der Waals surface area (Å²) in [6.07, 6.45) is 1.77. The molecule has 0 radical (unpaired) electrons. The van der Waals surface area contributed by atoms with E-state index in [1.807, 2.05) is 18.4 Å². The van der Waals surface area contributed by atoms with Crippen LogP contribution in [-0.4, -0.2) is 17.3 Å². The minimum atomic E-state index is -0.914. The van der Waals surface area contributed by atoms with Gasteiger partial charge in [-0.25, -0.2) is 0 Å². The Morgan fingerprint density at radius 1 is 1.64 bits per heavy atom. The lowest BCUT2D eigenvalue weighted by Crippen LogP contribution is -2.03. The standard InChI is InChI=1S/C10H9NO2S/c1-14-9-4-2-3-7(6-11)8(9)5-10(12)13/h2-4H,5H2,1H3,(H,12,13). The smallest absolute Gasteiger partial charge is 0.307 e. The first kappa shape index (κ1) is 10.6. The number of aliphatic carboxylic acids is 1. The van der Waals surface area contributed by atoms with Gasteiger partial charge in [0.05, 0.1) is 18.1 Å². The van der Waals surface area contributed by atoms with E-state index in [0.717, 1.165) is 4.90 Å². The van der Waals surface area contributed by atoms with E-state index in [1.54, 1.807) is 12.1 Å². The molecule has 14 heavy (non-hydrogen) atoms. The molecule has 0 aromatic heterocycles. The summed E-state index contributed by atoms with van der Waals surface area (Å²) in [5.74, 6) is -0.914. The second kappa shape index (κ2) is 4.68. The summed E-state index contributed by atoms with van der Waals surface area (Å²) in [6.45, 7) is 0. The molecule has 0 fully saturated rings. The highest BCUT2D eigenvalue weighted by atomic mass is 32.2. The normalized spacial score (nSPS) is 9.43. The van der Waals surface area contributed by atoms with Gasteiger partial charge in [-0.05, 0) is 24.0 Å². The van der Waals surface area contributed by atoms with Crippen LogP contribution in [-0.2, 0) is 11.2 Å². The molecule has 0 bridgehead atoms. The van der Waals surface area contributed by atoms with Crippen molar-refractivity contribution >= 4 is 17.7 Å². The van der Waals surface area contributed by atoms with E-state index < -0.39 is 5.97 Å². The largest absolute Gasteiger partial charge is 0.481 e. The van der Waals surface area contributed by atoms with Gasteiger partial charge in [-0.1, -0.05) is 6.07 Å². The predicted molar refractivity (Wildman–Crippen MR) is 54.3 cm³/mol. The van der Waals surface area contributed by atoms with Gasteiger partial charge in [-0.3, -0.25) is 4.79 Å². The Morgan fingerprint density at radius 2 is 2.36 bits per heavy atom. The van der Waals surface area contributed by atoms with Crippen LogP contribution >= 0.6 is 11.8 Å². The first-order valence-corrected chi connectivity index (χ1v) is 5.19. The monoisotopic (exact) mass is 207 g/mol. The minimum Gasteiger partial charge on any atom is -0.481 e. The van der Waals surface area contributed by atoms with Gasteiger partial charge in [0.1, 0.15) is 0 Å². The SMILES string of the molecule is CSc1cccc(C#N)c1CC(=O)O. The molecule has 1 N–H and O–H groups in total. The maximum absolute atomic E-state index is 10.6. The molecule has 3 nitrogen and oxygen atoms in total. The molecule has 0 spiro atoms. The van der Waals surface area contributed by atoms with Crippen molar-refractivity contribution in [1.82, 2.24) is 0 Å². The molecule has 0 saturated carbocycles. The number of thioether (sulfide) groups is 1. The average Bonchev–Trinajstić information content (AvgIpc) is 2.17. The zero-order valence-electron chi connectivity index (χ0n) is 7.65. The van der Waals surface area contributed by atoms with Gasteiger partial charge >= 0.3 is 5.97 Å². The van der Waals surface area contributed by atoms with Gasteiger partial charge in [-0.15, -0.1) is 11.8 Å². The van der Waals surface area contributed by atoms with Crippen molar-refractivity contribution in [3.63, 3.8) is 0 Å². The van der Waals surface area contributed by atoms with Crippen molar-refractivity contribution in [2.75, 3.05) is 6.26 Å². The molecular weight excluding hydrogens is 198 g/mol. The maximum atomic E-state index is 10.6. The number of carboxylic acid groups (broad SMARTS) is 1. The minimum absolute atomic E-state index is 0.0973. The summed E-state index contributed by atoms with van der Waals surface area (Å²) < 4.78 is 0. The third-order valence-electron chi connectivity index (χ3n) is 1.80. The van der Waals surface area contributed by atoms with Crippen molar-refractivity contribution < 1.29 is 9.90 Å². The third-order valence-corrected chi connectivity index (χ3v) is 2.62. The summed E-state index contributed by atoms with van der Waals surface area (Å²) >= 11 is 1.45. The van der Waals surface area contributed by atoms with Gasteiger partial charge in [0.15, 0.2) is 0 Å². The Labute approximate surface area is 86.4 Å². The van der Waals surface area contributed by atoms with Gasteiger partial charge < -0.3 is 5.11 Å². The third kappa shape index (κ3) is 2.27. The van der Waals surface area contributed by atoms with Crippen LogP contribution in [0, 0.1) is 11.3 Å². The number of carboxylic acids is 1. The molecule has 0 amide bonds. The molecule has 72 valence electrons. The molecule has 1 aromatic carbocycles. The van der Waals surface area contributed by atoms with E-state index in [0.29, 0.717) is 11.1 Å². The molecule has 0 aliphatic carbocycles. The molecular formula is C10H9NO2S. The van der Waals surface area contributed by atoms with Gasteiger partial charge in [-0.2, -0.15) is 5.26 Å². The molecule has 4 heteroatoms. The number of nitrogens with zero attached hydrogens (tertiary/aromatic N) is 1. The fraction of sp³-hybridized carbons (Fsp3) is 0.200. The lowest BCUT2D eigenvalue weighted by atomic mass is 10.1. The Morgan fingerprint density at radius 3 is 2.86 bits per heavy atom. The molecule has 0 heterocycles. The number of carbonyl (C=O) groups is 1. The fourth-order valence-corrected chi connectivity index (χ4v) is 1.84. The van der Waals surface area contributed by atoms with E-state index in [2.05, 4.69) is 0 Å². The van der Waals surface area contributed by atoms with Crippen LogP contribution in [0.25, 0.3) is 0 Å². The quantitative estimate of drug-likeness (QED) is 0.769. The van der Waals surface area contributed by atoms with Crippen LogP contribution in [0.4, 0.5) is 0 Å². The van der Waals surface area contributed by atoms with Gasteiger partial charge in [0.25, 0.3) is 0 Å². The zero-order valence-corrected chi connectivity index (χ0v) is 8.47. The maximum Gasteiger partial charge on any atom is 0.307 e. The van der Waals surface area contributed by atoms with Crippen LogP contribution in [0.3, 0.4) is 0 Å². The lowest BCUT2D eigenvalue weighted by Gasteiger charge is -2.06. The van der Waals surface area contributed by atoms with Crippen molar-refractivity contribution in [2.45, 2.75) is 11.3 Å². The average molecular weight is 207 g/mol. The highest BCUT2D eigenvalue weighted by molar-refractivity contribution is 7.98. The first-order valence-electron chi connectivity index (χ1n) is 3.96. The van der Waals surface area contributed by atoms with Crippen LogP contribution < -0.4 is 0 Å². The number of benzene rings is 1. The van der Waals surface area contributed by atoms with Gasteiger partial charge in [0, 0.05) is 4.90 Å². The summed E-state index contributed by atoms with van der Waals surface area (Å²) in [6, 6.07) is 7.22. The van der Waals surface area contributed by atoms with Crippen molar-refractivity contribution in [1.29, 1.82) is 5.26 Å². The molecule has 1 aromatic rings. The molecule has 0 aliphatic rings. The molecule has 1 rings (SSSR count). The number of rotatable bonds is 3. The van der Waals surface area contributed by atoms with Crippen LogP contribution in [0.2, 0.25) is 0 Å². The predicted octanol–water partition coefficient (Wildman–Crippen LogP) is 1.91. The molecule has 0 unspecified atom stereocenters. The topological polar surface area (TPSA) is 61.1 Å². The lowest BCUT2D eigenvalue weighted by molar-refractivity contribution is -0.136. The van der Waals surface area contributed by atoms with Crippen molar-refractivity contribution in [2.24, 2.45) is 0 Å². The highest BCUT2D eigenvalue weighted by Crippen LogP contribution is 2.23. The number of nitriles is 1. The van der Waals surface area contributed by atoms with Crippen molar-refractivity contribution in [3.05, 3.63) is 29.3 Å². The Hall–Kier alpha value is -1.47. The fourth-order valence-electron chi connectivity index (χ4n) is 1.20. The Kier molecular flexibility index (Phi) is 3.55. The second-order valence-corrected chi connectivity index (χ2v) is 3.52. The molecule has 0 atom stereocenters. The Bertz CT molecular complexity index is 396. The Balaban J connectivity index is 3.20. The van der Waals surface area contributed by atoms with E-state index in [9.17, 15) is 4.79 Å². The van der Waals surface area contributed by atoms with E-state index in [-0.39, 0.29) is 6.42 Å². The van der Waals surface area contributed by atoms with E-state index in [4.69, 9.17) is 10.4 Å². The van der Waals surface area contributed by atoms with Crippen LogP contribution in [0.1, 0.15) is 11.1 Å². The molecule has 0 saturated heterocycles. The van der Waals surface area contributed by atoms with Crippen LogP contribution in [0.5, 0.6) is 0 Å². The first-order chi connectivity index (χ1) is 6.69. The summed E-state index contributed by atoms with van der Waals surface area (Å²) in [4.78, 5) is 11.4. The van der Waals surface area contributed by atoms with E-state index in [1.165, 1.54) is 11.8 Å². The highest BCUT2D eigenvalue weighted by Gasteiger charge is 2.10. The second-order valence-electron chi connectivity index (χ2n) is 2.67. The molecule has 0 aliphatic heterocycles. The van der Waals surface area contributed by atoms with Crippen molar-refractivity contribution in [3.8, 4) is 6.07 Å². The van der Waals surface area contributed by atoms with Gasteiger partial charge in [0.2, 0.25) is 0 Å². The summed E-state index contributed by atoms with van der Waals surface area (Å²) in [7, 11) is 0. The summed E-state index contributed by atoms with van der Waals surface area (Å²) in [5.41, 5.74) is 1.05. The number of hydrogen-bond acceptors (Lipinski definition) is 3. The zero-order chi connectivity index (χ0) is 10.6. The van der Waals surface area contributed by atoms with Crippen LogP contribution in [0.15, 0.2) is 23.1 Å².